The Balaban J connectivity index is 3.53. The van der Waals surface area contributed by atoms with Gasteiger partial charge in [0.2, 0.25) is 0 Å². The average Bonchev–Trinajstić information content (AvgIpc) is 2.80. The number of carbonyl (C=O) groups is 1. The highest BCUT2D eigenvalue weighted by molar-refractivity contribution is 14.1. The summed E-state index contributed by atoms with van der Waals surface area (Å²) in [6.45, 7) is 23.8. The summed E-state index contributed by atoms with van der Waals surface area (Å²) in [6, 6.07) is 3.04. The van der Waals surface area contributed by atoms with Crippen LogP contribution >= 0.6 is 22.6 Å². The fourth-order valence-corrected chi connectivity index (χ4v) is 9.49. The Kier molecular flexibility index (Phi) is 13.1. The van der Waals surface area contributed by atoms with Crippen molar-refractivity contribution < 1.29 is 23.5 Å². The number of aliphatic hydroxyl groups excluding tert-OH is 1. The van der Waals surface area contributed by atoms with E-state index >= 15 is 0 Å². The molecule has 0 radical (unpaired) electrons. The second kappa shape index (κ2) is 13.9. The maximum Gasteiger partial charge on any atom is 0.308 e. The summed E-state index contributed by atoms with van der Waals surface area (Å²) < 4.78 is 21.7. The number of cyclic esters (lactones) is 1. The third-order valence-electron chi connectivity index (χ3n) is 8.59. The Morgan fingerprint density at radius 1 is 1.22 bits per heavy atom. The zero-order valence-corrected chi connectivity index (χ0v) is 28.9. The number of esters is 1. The van der Waals surface area contributed by atoms with Crippen LogP contribution in [0.2, 0.25) is 36.3 Å². The zero-order valence-electron chi connectivity index (χ0n) is 24.7. The van der Waals surface area contributed by atoms with Crippen LogP contribution in [0.4, 0.5) is 0 Å². The lowest BCUT2D eigenvalue weighted by atomic mass is 9.89. The molecule has 210 valence electrons. The van der Waals surface area contributed by atoms with Crippen LogP contribution in [0.5, 0.6) is 0 Å². The van der Waals surface area contributed by atoms with Gasteiger partial charge in [0.1, 0.15) is 6.10 Å². The van der Waals surface area contributed by atoms with Crippen molar-refractivity contribution in [1.82, 2.24) is 0 Å². The molecule has 1 rings (SSSR count). The predicted octanol–water partition coefficient (Wildman–Crippen LogP) is 8.15. The van der Waals surface area contributed by atoms with Gasteiger partial charge in [-0.2, -0.15) is 0 Å². The Morgan fingerprint density at radius 2 is 1.78 bits per heavy atom. The lowest BCUT2D eigenvalue weighted by molar-refractivity contribution is -0.151. The molecular formula is C28H53IO5Si2. The van der Waals surface area contributed by atoms with Crippen LogP contribution in [0, 0.1) is 5.92 Å². The molecule has 0 fully saturated rings. The average molecular weight is 653 g/mol. The van der Waals surface area contributed by atoms with Crippen molar-refractivity contribution in [3.05, 3.63) is 21.8 Å². The van der Waals surface area contributed by atoms with E-state index in [1.807, 2.05) is 30.1 Å². The minimum absolute atomic E-state index is 0.0228. The van der Waals surface area contributed by atoms with E-state index in [1.54, 1.807) is 0 Å². The molecule has 8 heteroatoms. The largest absolute Gasteiger partial charge is 0.457 e. The normalized spacial score (nSPS) is 30.8. The first-order valence-corrected chi connectivity index (χ1v) is 20.4. The van der Waals surface area contributed by atoms with Crippen molar-refractivity contribution >= 4 is 45.2 Å². The van der Waals surface area contributed by atoms with E-state index in [0.717, 1.165) is 23.7 Å². The van der Waals surface area contributed by atoms with E-state index in [4.69, 9.17) is 13.6 Å². The monoisotopic (exact) mass is 652 g/mol. The van der Waals surface area contributed by atoms with Gasteiger partial charge < -0.3 is 18.7 Å². The molecule has 1 heterocycles. The predicted molar refractivity (Wildman–Crippen MR) is 165 cm³/mol. The molecule has 0 aliphatic carbocycles. The van der Waals surface area contributed by atoms with E-state index in [2.05, 4.69) is 84.2 Å². The number of carbonyl (C=O) groups excluding carboxylic acids is 1. The standard InChI is InChI=1S/C28H53IO5Si2/c1-12-36(13-2,14-3)34-28(9)18-17-23(33-35(10,11)27(6,7)8)19-25(31)32-26(22(5)20-29)21(4)15-16-24(28)30/h15-16,20-21,23-24,26,30H,12-14,17-19H2,1-11H3/b16-15+,22-20+/t21-,23+,24-,26-,28+/m0/s1. The molecule has 1 N–H and O–H groups in total. The topological polar surface area (TPSA) is 65.0 Å². The van der Waals surface area contributed by atoms with E-state index in [1.165, 1.54) is 0 Å². The molecule has 0 spiro atoms. The maximum absolute atomic E-state index is 13.2. The third-order valence-corrected chi connectivity index (χ3v) is 18.9. The fraction of sp³-hybridized carbons (Fsp3) is 0.821. The zero-order chi connectivity index (χ0) is 27.9. The van der Waals surface area contributed by atoms with Gasteiger partial charge in [0.15, 0.2) is 16.6 Å². The molecule has 0 aromatic rings. The number of aliphatic hydroxyl groups is 1. The summed E-state index contributed by atoms with van der Waals surface area (Å²) in [6.07, 6.45) is 3.87. The summed E-state index contributed by atoms with van der Waals surface area (Å²) in [7, 11) is -4.13. The number of halogens is 1. The lowest BCUT2D eigenvalue weighted by Gasteiger charge is -2.44. The van der Waals surface area contributed by atoms with Gasteiger partial charge in [-0.3, -0.25) is 4.79 Å². The van der Waals surface area contributed by atoms with E-state index in [0.29, 0.717) is 12.8 Å². The maximum atomic E-state index is 13.2. The van der Waals surface area contributed by atoms with Crippen LogP contribution < -0.4 is 0 Å². The Bertz CT molecular complexity index is 764. The Hall–Kier alpha value is -0.00623. The minimum Gasteiger partial charge on any atom is -0.457 e. The first-order valence-electron chi connectivity index (χ1n) is 13.7. The van der Waals surface area contributed by atoms with Crippen LogP contribution in [-0.4, -0.2) is 51.6 Å². The molecule has 5 atom stereocenters. The summed E-state index contributed by atoms with van der Waals surface area (Å²) >= 11 is 2.19. The van der Waals surface area contributed by atoms with Gasteiger partial charge in [-0.15, -0.1) is 0 Å². The quantitative estimate of drug-likeness (QED) is 0.124. The highest BCUT2D eigenvalue weighted by Crippen LogP contribution is 2.40. The molecule has 0 saturated carbocycles. The highest BCUT2D eigenvalue weighted by Gasteiger charge is 2.44. The summed E-state index contributed by atoms with van der Waals surface area (Å²) in [4.78, 5) is 13.2. The van der Waals surface area contributed by atoms with Crippen molar-refractivity contribution in [2.75, 3.05) is 0 Å². The summed E-state index contributed by atoms with van der Waals surface area (Å²) in [5, 5.41) is 11.5. The highest BCUT2D eigenvalue weighted by atomic mass is 127. The Labute approximate surface area is 237 Å². The van der Waals surface area contributed by atoms with Crippen molar-refractivity contribution in [3.63, 3.8) is 0 Å². The van der Waals surface area contributed by atoms with Crippen LogP contribution in [-0.2, 0) is 18.4 Å². The molecule has 0 bridgehead atoms. The molecule has 36 heavy (non-hydrogen) atoms. The number of rotatable bonds is 8. The second-order valence-electron chi connectivity index (χ2n) is 12.4. The molecule has 0 unspecified atom stereocenters. The molecule has 0 saturated heterocycles. The van der Waals surface area contributed by atoms with Crippen molar-refractivity contribution in [1.29, 1.82) is 0 Å². The van der Waals surface area contributed by atoms with Crippen molar-refractivity contribution in [3.8, 4) is 0 Å². The molecule has 1 aliphatic rings. The van der Waals surface area contributed by atoms with Gasteiger partial charge in [0.25, 0.3) is 0 Å². The minimum atomic E-state index is -2.13. The van der Waals surface area contributed by atoms with Gasteiger partial charge in [-0.25, -0.2) is 0 Å². The van der Waals surface area contributed by atoms with Crippen molar-refractivity contribution in [2.24, 2.45) is 5.92 Å². The molecule has 0 amide bonds. The smallest absolute Gasteiger partial charge is 0.308 e. The van der Waals surface area contributed by atoms with Gasteiger partial charge >= 0.3 is 5.97 Å². The van der Waals surface area contributed by atoms with Crippen molar-refractivity contribution in [2.45, 2.75) is 142 Å². The number of hydrogen-bond acceptors (Lipinski definition) is 5. The second-order valence-corrected chi connectivity index (χ2v) is 22.4. The molecule has 0 aromatic heterocycles. The molecule has 1 aliphatic heterocycles. The molecule has 5 nitrogen and oxygen atoms in total. The van der Waals surface area contributed by atoms with E-state index < -0.39 is 28.3 Å². The van der Waals surface area contributed by atoms with Crippen LogP contribution in [0.15, 0.2) is 21.8 Å². The van der Waals surface area contributed by atoms with E-state index in [9.17, 15) is 9.90 Å². The van der Waals surface area contributed by atoms with Gasteiger partial charge in [0, 0.05) is 5.92 Å². The molecular weight excluding hydrogens is 599 g/mol. The SMILES string of the molecule is CC[Si](CC)(CC)O[C@]1(C)CC[C@@H](O[Si](C)(C)C(C)(C)C)CC(=O)O[C@H](/C(C)=C/I)[C@@H](C)/C=C/[C@@H]1O. The van der Waals surface area contributed by atoms with Gasteiger partial charge in [-0.1, -0.05) is 83.2 Å². The first-order chi connectivity index (χ1) is 16.5. The summed E-state index contributed by atoms with van der Waals surface area (Å²) in [5.41, 5.74) is 0.245. The number of ether oxygens (including phenoxy) is 1. The molecule has 0 aromatic carbocycles. The van der Waals surface area contributed by atoms with Crippen LogP contribution in [0.25, 0.3) is 0 Å². The Morgan fingerprint density at radius 3 is 2.25 bits per heavy atom. The first kappa shape index (κ1) is 34.0. The fourth-order valence-electron chi connectivity index (χ4n) is 4.60. The van der Waals surface area contributed by atoms with Gasteiger partial charge in [-0.05, 0) is 72.6 Å². The van der Waals surface area contributed by atoms with Crippen LogP contribution in [0.3, 0.4) is 0 Å². The van der Waals surface area contributed by atoms with Crippen LogP contribution in [0.1, 0.15) is 81.6 Å². The third kappa shape index (κ3) is 9.04. The lowest BCUT2D eigenvalue weighted by Crippen LogP contribution is -2.52. The summed E-state index contributed by atoms with van der Waals surface area (Å²) in [5.74, 6) is -0.312. The number of hydrogen-bond donors (Lipinski definition) is 1. The van der Waals surface area contributed by atoms with E-state index in [-0.39, 0.29) is 35.6 Å². The van der Waals surface area contributed by atoms with Gasteiger partial charge in [0.05, 0.1) is 24.2 Å².